The molecule has 4 aromatic rings. The van der Waals surface area contributed by atoms with Gasteiger partial charge in [0.2, 0.25) is 0 Å². The molecular weight excluding hydrogens is 751 g/mol. The van der Waals surface area contributed by atoms with E-state index in [1.807, 2.05) is 0 Å². The minimum atomic E-state index is -4.88. The minimum absolute atomic E-state index is 0.0379. The number of thiocarbonyl (C=S) groups is 2. The van der Waals surface area contributed by atoms with Crippen LogP contribution in [0.4, 0.5) is 49.1 Å². The van der Waals surface area contributed by atoms with Crippen molar-refractivity contribution in [3.05, 3.63) is 103 Å². The quantitative estimate of drug-likeness (QED) is 0.0681. The molecule has 0 bridgehead atoms. The van der Waals surface area contributed by atoms with Crippen LogP contribution in [-0.2, 0) is 12.4 Å². The fraction of sp³-hybridized carbons (Fsp3) is 0.176. The molecule has 11 nitrogen and oxygen atoms in total. The number of nitriles is 2. The van der Waals surface area contributed by atoms with E-state index in [1.165, 1.54) is 0 Å². The van der Waals surface area contributed by atoms with E-state index in [4.69, 9.17) is 29.2 Å². The summed E-state index contributed by atoms with van der Waals surface area (Å²) in [7, 11) is 0. The lowest BCUT2D eigenvalue weighted by atomic mass is 9.94. The molecule has 0 aliphatic heterocycles. The number of rotatable bonds is 10. The third-order valence-corrected chi connectivity index (χ3v) is 8.33. The first kappa shape index (κ1) is 39.6. The summed E-state index contributed by atoms with van der Waals surface area (Å²) in [6, 6.07) is 11.4. The molecule has 0 saturated carbocycles. The van der Waals surface area contributed by atoms with Gasteiger partial charge in [-0.05, 0) is 49.2 Å². The van der Waals surface area contributed by atoms with Gasteiger partial charge in [-0.3, -0.25) is 20.2 Å². The lowest BCUT2D eigenvalue weighted by Gasteiger charge is -2.22. The smallest absolute Gasteiger partial charge is 0.416 e. The van der Waals surface area contributed by atoms with Gasteiger partial charge in [-0.2, -0.15) is 36.9 Å². The first-order chi connectivity index (χ1) is 24.9. The molecule has 53 heavy (non-hydrogen) atoms. The molecule has 0 fully saturated rings. The Hall–Kier alpha value is -6.18. The largest absolute Gasteiger partial charge is 0.456 e. The highest BCUT2D eigenvalue weighted by Crippen LogP contribution is 2.50. The third kappa shape index (κ3) is 8.49. The summed E-state index contributed by atoms with van der Waals surface area (Å²) in [6.07, 6.45) is -9.49. The second kappa shape index (κ2) is 15.6. The molecule has 0 aromatic heterocycles. The maximum atomic E-state index is 13.7. The van der Waals surface area contributed by atoms with Crippen LogP contribution >= 0.6 is 24.4 Å². The SMILES string of the molecule is CCC(=S)Nc1c([N+](=O)[O-])ccc(Oc2ccc([N+](=O)[O-])c(NC(=S)CC)c2-c2ccc(C(F)(F)F)cc2C#N)c1-c1ccc(C(F)(F)F)cc1C#N. The van der Waals surface area contributed by atoms with Gasteiger partial charge < -0.3 is 15.4 Å². The number of benzene rings is 4. The maximum absolute atomic E-state index is 13.7. The van der Waals surface area contributed by atoms with Gasteiger partial charge in [0, 0.05) is 23.3 Å². The summed E-state index contributed by atoms with van der Waals surface area (Å²) in [5.41, 5.74) is -6.92. The number of nitrogens with one attached hydrogen (secondary N) is 2. The molecular formula is C34H22F6N6O5S2. The molecule has 4 rings (SSSR count). The van der Waals surface area contributed by atoms with E-state index < -0.39 is 67.2 Å². The van der Waals surface area contributed by atoms with Crippen LogP contribution in [-0.4, -0.2) is 19.8 Å². The normalized spacial score (nSPS) is 11.2. The molecule has 0 aliphatic carbocycles. The van der Waals surface area contributed by atoms with Crippen molar-refractivity contribution >= 4 is 57.2 Å². The molecule has 272 valence electrons. The number of anilines is 2. The van der Waals surface area contributed by atoms with Crippen molar-refractivity contribution in [2.45, 2.75) is 39.0 Å². The highest BCUT2D eigenvalue weighted by Gasteiger charge is 2.35. The van der Waals surface area contributed by atoms with E-state index in [0.29, 0.717) is 24.3 Å². The lowest BCUT2D eigenvalue weighted by molar-refractivity contribution is -0.384. The lowest BCUT2D eigenvalue weighted by Crippen LogP contribution is -2.12. The van der Waals surface area contributed by atoms with Crippen LogP contribution in [0.1, 0.15) is 48.9 Å². The Morgan fingerprint density at radius 1 is 0.698 bits per heavy atom. The van der Waals surface area contributed by atoms with Gasteiger partial charge in [0.05, 0.1) is 65.3 Å². The molecule has 0 unspecified atom stereocenters. The number of ether oxygens (including phenoxy) is 1. The van der Waals surface area contributed by atoms with Crippen molar-refractivity contribution in [3.8, 4) is 45.9 Å². The Morgan fingerprint density at radius 2 is 1.06 bits per heavy atom. The first-order valence-electron chi connectivity index (χ1n) is 15.0. The Morgan fingerprint density at radius 3 is 1.34 bits per heavy atom. The molecule has 0 amide bonds. The van der Waals surface area contributed by atoms with Crippen LogP contribution in [0.15, 0.2) is 60.7 Å². The van der Waals surface area contributed by atoms with Crippen LogP contribution in [0.3, 0.4) is 0 Å². The van der Waals surface area contributed by atoms with E-state index in [9.17, 15) is 57.1 Å². The number of nitro groups is 2. The van der Waals surface area contributed by atoms with E-state index in [2.05, 4.69) is 10.6 Å². The van der Waals surface area contributed by atoms with E-state index in [-0.39, 0.29) is 56.6 Å². The summed E-state index contributed by atoms with van der Waals surface area (Å²) in [6.45, 7) is 3.21. The third-order valence-electron chi connectivity index (χ3n) is 7.55. The first-order valence-corrected chi connectivity index (χ1v) is 15.8. The molecule has 0 heterocycles. The molecule has 4 aromatic carbocycles. The minimum Gasteiger partial charge on any atom is -0.456 e. The zero-order chi connectivity index (χ0) is 39.4. The summed E-state index contributed by atoms with van der Waals surface area (Å²) < 4.78 is 88.3. The molecule has 0 atom stereocenters. The van der Waals surface area contributed by atoms with Crippen molar-refractivity contribution in [3.63, 3.8) is 0 Å². The van der Waals surface area contributed by atoms with Gasteiger partial charge >= 0.3 is 12.4 Å². The van der Waals surface area contributed by atoms with Gasteiger partial charge in [-0.15, -0.1) is 0 Å². The van der Waals surface area contributed by atoms with Crippen LogP contribution in [0.2, 0.25) is 0 Å². The van der Waals surface area contributed by atoms with Crippen LogP contribution in [0, 0.1) is 42.9 Å². The van der Waals surface area contributed by atoms with Gasteiger partial charge in [-0.1, -0.05) is 50.4 Å². The van der Waals surface area contributed by atoms with Gasteiger partial charge in [0.15, 0.2) is 0 Å². The van der Waals surface area contributed by atoms with Crippen molar-refractivity contribution in [1.82, 2.24) is 0 Å². The maximum Gasteiger partial charge on any atom is 0.416 e. The Labute approximate surface area is 306 Å². The monoisotopic (exact) mass is 772 g/mol. The fourth-order valence-corrected chi connectivity index (χ4v) is 5.25. The molecule has 19 heteroatoms. The predicted molar refractivity (Wildman–Crippen MR) is 190 cm³/mol. The number of nitro benzene ring substituents is 2. The Bertz CT molecular complexity index is 2110. The van der Waals surface area contributed by atoms with Crippen molar-refractivity contribution in [2.24, 2.45) is 0 Å². The van der Waals surface area contributed by atoms with Crippen molar-refractivity contribution in [1.29, 1.82) is 10.5 Å². The molecule has 0 aliphatic rings. The second-order valence-electron chi connectivity index (χ2n) is 10.8. The number of nitrogens with zero attached hydrogens (tertiary/aromatic N) is 4. The average molecular weight is 773 g/mol. The molecule has 0 radical (unpaired) electrons. The molecule has 2 N–H and O–H groups in total. The molecule has 0 spiro atoms. The second-order valence-corrected chi connectivity index (χ2v) is 11.8. The number of hydrogen-bond acceptors (Lipinski definition) is 9. The zero-order valence-corrected chi connectivity index (χ0v) is 28.7. The summed E-state index contributed by atoms with van der Waals surface area (Å²) in [4.78, 5) is 22.9. The number of halogens is 6. The highest BCUT2D eigenvalue weighted by atomic mass is 32.1. The van der Waals surface area contributed by atoms with Crippen LogP contribution < -0.4 is 15.4 Å². The number of alkyl halides is 6. The summed E-state index contributed by atoms with van der Waals surface area (Å²) >= 11 is 10.5. The predicted octanol–water partition coefficient (Wildman–Crippen LogP) is 10.7. The van der Waals surface area contributed by atoms with Crippen molar-refractivity contribution in [2.75, 3.05) is 10.6 Å². The van der Waals surface area contributed by atoms with Gasteiger partial charge in [0.25, 0.3) is 11.4 Å². The fourth-order valence-electron chi connectivity index (χ4n) is 5.04. The summed E-state index contributed by atoms with van der Waals surface area (Å²) in [5.74, 6) is -0.754. The Kier molecular flexibility index (Phi) is 11.7. The number of hydrogen-bond donors (Lipinski definition) is 2. The average Bonchev–Trinajstić information content (AvgIpc) is 3.10. The standard InChI is InChI=1S/C34H22F6N6O5S2/c1-3-27(52)43-31-23(45(47)48)9-11-25(29(31)21-7-5-19(33(35,36)37)13-17(21)15-41)51-26-12-10-24(46(49)50)32(44-28(53)4-2)30(26)22-8-6-20(34(38,39)40)14-18(22)16-42/h5-14H,3-4H2,1-2H3,(H,43,52)(H,44,53). The van der Waals surface area contributed by atoms with Gasteiger partial charge in [0.1, 0.15) is 22.9 Å². The topological polar surface area (TPSA) is 167 Å². The van der Waals surface area contributed by atoms with E-state index >= 15 is 0 Å². The van der Waals surface area contributed by atoms with E-state index in [1.54, 1.807) is 26.0 Å². The highest BCUT2D eigenvalue weighted by molar-refractivity contribution is 7.80. The van der Waals surface area contributed by atoms with E-state index in [0.717, 1.165) is 36.4 Å². The van der Waals surface area contributed by atoms with Gasteiger partial charge in [-0.25, -0.2) is 0 Å². The Balaban J connectivity index is 2.18. The summed E-state index contributed by atoms with van der Waals surface area (Å²) in [5, 5.41) is 49.8. The molecule has 0 saturated heterocycles. The van der Waals surface area contributed by atoms with Crippen LogP contribution in [0.5, 0.6) is 11.5 Å². The zero-order valence-electron chi connectivity index (χ0n) is 27.1. The van der Waals surface area contributed by atoms with Crippen molar-refractivity contribution < 1.29 is 40.9 Å². The van der Waals surface area contributed by atoms with Crippen LogP contribution in [0.25, 0.3) is 22.3 Å².